The zero-order chi connectivity index (χ0) is 10.5. The second-order valence-electron chi connectivity index (χ2n) is 3.20. The van der Waals surface area contributed by atoms with E-state index in [1.807, 2.05) is 16.8 Å². The molecule has 15 heavy (non-hydrogen) atoms. The van der Waals surface area contributed by atoms with Crippen molar-refractivity contribution >= 4 is 11.5 Å². The number of nitrogens with zero attached hydrogens (tertiary/aromatic N) is 3. The molecule has 0 aliphatic rings. The Labute approximate surface area is 88.0 Å². The first kappa shape index (κ1) is 9.51. The Balaban J connectivity index is 1.81. The Morgan fingerprint density at radius 3 is 3.00 bits per heavy atom. The highest BCUT2D eigenvalue weighted by Crippen LogP contribution is 2.06. The van der Waals surface area contributed by atoms with Crippen molar-refractivity contribution in [2.24, 2.45) is 0 Å². The van der Waals surface area contributed by atoms with Crippen molar-refractivity contribution in [3.63, 3.8) is 0 Å². The second kappa shape index (κ2) is 4.45. The maximum atomic E-state index is 5.48. The van der Waals surface area contributed by atoms with Gasteiger partial charge >= 0.3 is 0 Å². The zero-order valence-electron chi connectivity index (χ0n) is 8.30. The van der Waals surface area contributed by atoms with E-state index in [-0.39, 0.29) is 0 Å². The van der Waals surface area contributed by atoms with E-state index in [0.717, 1.165) is 18.8 Å². The van der Waals surface area contributed by atoms with Gasteiger partial charge in [0.15, 0.2) is 0 Å². The molecule has 78 valence electrons. The van der Waals surface area contributed by atoms with Crippen LogP contribution in [0.2, 0.25) is 0 Å². The monoisotopic (exact) mass is 203 g/mol. The molecule has 0 atom stereocenters. The van der Waals surface area contributed by atoms with Gasteiger partial charge in [-0.25, -0.2) is 9.97 Å². The van der Waals surface area contributed by atoms with Crippen molar-refractivity contribution in [1.82, 2.24) is 14.5 Å². The number of hydrogen-bond acceptors (Lipinski definition) is 4. The van der Waals surface area contributed by atoms with E-state index in [9.17, 15) is 0 Å². The van der Waals surface area contributed by atoms with Gasteiger partial charge in [-0.3, -0.25) is 0 Å². The maximum absolute atomic E-state index is 5.48. The molecule has 2 aromatic heterocycles. The van der Waals surface area contributed by atoms with Crippen molar-refractivity contribution in [3.8, 4) is 0 Å². The number of pyridine rings is 1. The third kappa shape index (κ3) is 2.70. The lowest BCUT2D eigenvalue weighted by atomic mass is 10.4. The van der Waals surface area contributed by atoms with Gasteiger partial charge in [-0.05, 0) is 12.1 Å². The van der Waals surface area contributed by atoms with Crippen LogP contribution in [0.15, 0.2) is 37.1 Å². The minimum atomic E-state index is 0.537. The molecule has 2 heterocycles. The highest BCUT2D eigenvalue weighted by molar-refractivity contribution is 5.45. The molecule has 0 bridgehead atoms. The van der Waals surface area contributed by atoms with E-state index in [4.69, 9.17) is 5.73 Å². The quantitative estimate of drug-likeness (QED) is 0.777. The first-order valence-corrected chi connectivity index (χ1v) is 4.76. The number of imidazole rings is 1. The van der Waals surface area contributed by atoms with Gasteiger partial charge in [0.25, 0.3) is 0 Å². The molecule has 5 heteroatoms. The van der Waals surface area contributed by atoms with Gasteiger partial charge in [-0.15, -0.1) is 0 Å². The topological polar surface area (TPSA) is 68.8 Å². The van der Waals surface area contributed by atoms with Crippen LogP contribution in [0, 0.1) is 0 Å². The summed E-state index contributed by atoms with van der Waals surface area (Å²) >= 11 is 0. The molecule has 0 spiro atoms. The molecule has 0 saturated carbocycles. The Hall–Kier alpha value is -2.04. The summed E-state index contributed by atoms with van der Waals surface area (Å²) in [5.74, 6) is 0.537. The summed E-state index contributed by atoms with van der Waals surface area (Å²) in [6.07, 6.45) is 7.22. The van der Waals surface area contributed by atoms with Gasteiger partial charge in [0.05, 0.1) is 18.2 Å². The molecule has 0 aliphatic carbocycles. The Kier molecular flexibility index (Phi) is 2.82. The van der Waals surface area contributed by atoms with E-state index in [0.29, 0.717) is 5.82 Å². The molecule has 0 radical (unpaired) electrons. The minimum absolute atomic E-state index is 0.537. The Morgan fingerprint density at radius 2 is 2.33 bits per heavy atom. The van der Waals surface area contributed by atoms with Gasteiger partial charge in [-0.2, -0.15) is 0 Å². The fraction of sp³-hybridized carbons (Fsp3) is 0.200. The zero-order valence-corrected chi connectivity index (χ0v) is 8.30. The maximum Gasteiger partial charge on any atom is 0.123 e. The van der Waals surface area contributed by atoms with Crippen LogP contribution < -0.4 is 11.1 Å². The number of nitrogen functional groups attached to an aromatic ring is 1. The van der Waals surface area contributed by atoms with Gasteiger partial charge < -0.3 is 15.6 Å². The van der Waals surface area contributed by atoms with Crippen molar-refractivity contribution in [2.45, 2.75) is 6.54 Å². The molecule has 0 fully saturated rings. The van der Waals surface area contributed by atoms with Crippen molar-refractivity contribution in [2.75, 3.05) is 17.6 Å². The third-order valence-electron chi connectivity index (χ3n) is 2.04. The summed E-state index contributed by atoms with van der Waals surface area (Å²) in [5, 5.41) is 3.24. The van der Waals surface area contributed by atoms with Crippen molar-refractivity contribution in [1.29, 1.82) is 0 Å². The number of nitrogens with two attached hydrogens (primary N) is 1. The van der Waals surface area contributed by atoms with E-state index in [1.165, 1.54) is 0 Å². The summed E-state index contributed by atoms with van der Waals surface area (Å²) in [5.41, 5.74) is 6.46. The molecular formula is C10H13N5. The average Bonchev–Trinajstić information content (AvgIpc) is 2.74. The summed E-state index contributed by atoms with van der Waals surface area (Å²) < 4.78 is 2.01. The highest BCUT2D eigenvalue weighted by atomic mass is 15.0. The summed E-state index contributed by atoms with van der Waals surface area (Å²) in [6, 6.07) is 3.69. The Morgan fingerprint density at radius 1 is 1.40 bits per heavy atom. The number of hydrogen-bond donors (Lipinski definition) is 2. The lowest BCUT2D eigenvalue weighted by molar-refractivity contribution is 0.727. The largest absolute Gasteiger partial charge is 0.384 e. The van der Waals surface area contributed by atoms with Gasteiger partial charge in [0.1, 0.15) is 5.82 Å². The highest BCUT2D eigenvalue weighted by Gasteiger charge is 1.92. The Bertz CT molecular complexity index is 392. The van der Waals surface area contributed by atoms with Crippen LogP contribution >= 0.6 is 0 Å². The molecule has 5 nitrogen and oxygen atoms in total. The molecule has 0 aliphatic heterocycles. The van der Waals surface area contributed by atoms with Crippen LogP contribution in [0.3, 0.4) is 0 Å². The predicted octanol–water partition coefficient (Wildman–Crippen LogP) is 0.972. The number of anilines is 2. The van der Waals surface area contributed by atoms with E-state index in [1.54, 1.807) is 24.8 Å². The summed E-state index contributed by atoms with van der Waals surface area (Å²) in [6.45, 7) is 1.71. The first-order chi connectivity index (χ1) is 7.34. The average molecular weight is 203 g/mol. The molecule has 0 unspecified atom stereocenters. The predicted molar refractivity (Wildman–Crippen MR) is 59.4 cm³/mol. The summed E-state index contributed by atoms with van der Waals surface area (Å²) in [4.78, 5) is 7.96. The molecule has 2 aromatic rings. The van der Waals surface area contributed by atoms with Crippen molar-refractivity contribution < 1.29 is 0 Å². The van der Waals surface area contributed by atoms with Crippen molar-refractivity contribution in [3.05, 3.63) is 37.1 Å². The van der Waals surface area contributed by atoms with Crippen LogP contribution in [0.25, 0.3) is 0 Å². The fourth-order valence-corrected chi connectivity index (χ4v) is 1.26. The van der Waals surface area contributed by atoms with E-state index in [2.05, 4.69) is 15.3 Å². The summed E-state index contributed by atoms with van der Waals surface area (Å²) in [7, 11) is 0. The molecular weight excluding hydrogens is 190 g/mol. The normalized spacial score (nSPS) is 10.1. The van der Waals surface area contributed by atoms with Crippen LogP contribution in [0.1, 0.15) is 0 Å². The van der Waals surface area contributed by atoms with E-state index >= 15 is 0 Å². The lowest BCUT2D eigenvalue weighted by Crippen LogP contribution is -2.09. The molecule has 2 rings (SSSR count). The van der Waals surface area contributed by atoms with Gasteiger partial charge in [0.2, 0.25) is 0 Å². The fourth-order valence-electron chi connectivity index (χ4n) is 1.26. The molecule has 0 aromatic carbocycles. The standard InChI is InChI=1S/C10H13N5/c11-10-2-1-9(7-14-10)13-4-6-15-5-3-12-8-15/h1-3,5,7-8,13H,4,6H2,(H2,11,14). The van der Waals surface area contributed by atoms with Gasteiger partial charge in [-0.1, -0.05) is 0 Å². The second-order valence-corrected chi connectivity index (χ2v) is 3.20. The minimum Gasteiger partial charge on any atom is -0.384 e. The molecule has 0 saturated heterocycles. The lowest BCUT2D eigenvalue weighted by Gasteiger charge is -2.06. The first-order valence-electron chi connectivity index (χ1n) is 4.76. The SMILES string of the molecule is Nc1ccc(NCCn2ccnc2)cn1. The number of rotatable bonds is 4. The van der Waals surface area contributed by atoms with Crippen LogP contribution in [-0.4, -0.2) is 21.1 Å². The molecule has 3 N–H and O–H groups in total. The van der Waals surface area contributed by atoms with Crippen LogP contribution in [-0.2, 0) is 6.54 Å². The third-order valence-corrected chi connectivity index (χ3v) is 2.04. The molecule has 0 amide bonds. The van der Waals surface area contributed by atoms with E-state index < -0.39 is 0 Å². The number of nitrogens with one attached hydrogen (secondary N) is 1. The number of aromatic nitrogens is 3. The van der Waals surface area contributed by atoms with Gasteiger partial charge in [0, 0.05) is 25.5 Å². The van der Waals surface area contributed by atoms with Crippen LogP contribution in [0.5, 0.6) is 0 Å². The van der Waals surface area contributed by atoms with Crippen LogP contribution in [0.4, 0.5) is 11.5 Å². The smallest absolute Gasteiger partial charge is 0.123 e.